The van der Waals surface area contributed by atoms with Gasteiger partial charge in [-0.1, -0.05) is 13.0 Å². The number of ether oxygens (including phenoxy) is 2. The van der Waals surface area contributed by atoms with Gasteiger partial charge in [-0.3, -0.25) is 9.69 Å². The molecule has 0 saturated carbocycles. The lowest BCUT2D eigenvalue weighted by Crippen LogP contribution is -2.35. The van der Waals surface area contributed by atoms with Gasteiger partial charge < -0.3 is 14.6 Å². The molecular weight excluding hydrogens is 270 g/mol. The highest BCUT2D eigenvalue weighted by molar-refractivity contribution is 5.73. The van der Waals surface area contributed by atoms with Crippen LogP contribution in [0.3, 0.4) is 0 Å². The predicted molar refractivity (Wildman–Crippen MR) is 79.8 cm³/mol. The Morgan fingerprint density at radius 2 is 2.24 bits per heavy atom. The number of carboxylic acids is 1. The number of hydrogen-bond donors (Lipinski definition) is 1. The van der Waals surface area contributed by atoms with Crippen LogP contribution in [0.1, 0.15) is 31.7 Å². The SMILES string of the molecule is CCCOc1ccc(CN2CCCC2C(=O)O)cc1OC. The minimum absolute atomic E-state index is 0.369. The van der Waals surface area contributed by atoms with Gasteiger partial charge in [-0.15, -0.1) is 0 Å². The van der Waals surface area contributed by atoms with Crippen molar-refractivity contribution in [3.63, 3.8) is 0 Å². The zero-order valence-corrected chi connectivity index (χ0v) is 12.7. The van der Waals surface area contributed by atoms with Gasteiger partial charge in [-0.25, -0.2) is 0 Å². The van der Waals surface area contributed by atoms with Gasteiger partial charge in [0, 0.05) is 6.54 Å². The molecule has 0 radical (unpaired) electrons. The van der Waals surface area contributed by atoms with Crippen LogP contribution in [0.4, 0.5) is 0 Å². The summed E-state index contributed by atoms with van der Waals surface area (Å²) in [6.45, 7) is 4.16. The van der Waals surface area contributed by atoms with Crippen molar-refractivity contribution in [2.75, 3.05) is 20.3 Å². The number of methoxy groups -OCH3 is 1. The molecule has 1 saturated heterocycles. The number of hydrogen-bond acceptors (Lipinski definition) is 4. The van der Waals surface area contributed by atoms with E-state index in [-0.39, 0.29) is 6.04 Å². The van der Waals surface area contributed by atoms with E-state index in [4.69, 9.17) is 9.47 Å². The summed E-state index contributed by atoms with van der Waals surface area (Å²) in [4.78, 5) is 13.2. The first-order chi connectivity index (χ1) is 10.2. The first-order valence-electron chi connectivity index (χ1n) is 7.42. The monoisotopic (exact) mass is 293 g/mol. The van der Waals surface area contributed by atoms with Crippen LogP contribution in [0.25, 0.3) is 0 Å². The summed E-state index contributed by atoms with van der Waals surface area (Å²) < 4.78 is 11.0. The second-order valence-corrected chi connectivity index (χ2v) is 5.30. The van der Waals surface area contributed by atoms with Crippen molar-refractivity contribution in [2.24, 2.45) is 0 Å². The molecule has 5 heteroatoms. The molecule has 0 aromatic heterocycles. The normalized spacial score (nSPS) is 18.7. The third-order valence-corrected chi connectivity index (χ3v) is 3.72. The summed E-state index contributed by atoms with van der Waals surface area (Å²) in [5.74, 6) is 0.702. The molecular formula is C16H23NO4. The highest BCUT2D eigenvalue weighted by Gasteiger charge is 2.30. The highest BCUT2D eigenvalue weighted by atomic mass is 16.5. The molecule has 1 aliphatic heterocycles. The van der Waals surface area contributed by atoms with Crippen LogP contribution < -0.4 is 9.47 Å². The highest BCUT2D eigenvalue weighted by Crippen LogP contribution is 2.30. The first kappa shape index (κ1) is 15.6. The van der Waals surface area contributed by atoms with Crippen molar-refractivity contribution in [2.45, 2.75) is 38.8 Å². The molecule has 0 amide bonds. The van der Waals surface area contributed by atoms with E-state index in [9.17, 15) is 9.90 Å². The maximum atomic E-state index is 11.2. The molecule has 21 heavy (non-hydrogen) atoms. The predicted octanol–water partition coefficient (Wildman–Crippen LogP) is 2.53. The van der Waals surface area contributed by atoms with Crippen LogP contribution in [0, 0.1) is 0 Å². The summed E-state index contributed by atoms with van der Waals surface area (Å²) in [5, 5.41) is 9.22. The Labute approximate surface area is 125 Å². The van der Waals surface area contributed by atoms with E-state index in [1.807, 2.05) is 23.1 Å². The molecule has 1 aliphatic rings. The van der Waals surface area contributed by atoms with E-state index in [2.05, 4.69) is 6.92 Å². The quantitative estimate of drug-likeness (QED) is 0.837. The number of benzene rings is 1. The van der Waals surface area contributed by atoms with Gasteiger partial charge in [0.15, 0.2) is 11.5 Å². The maximum absolute atomic E-state index is 11.2. The van der Waals surface area contributed by atoms with E-state index in [1.54, 1.807) is 7.11 Å². The van der Waals surface area contributed by atoms with E-state index in [1.165, 1.54) is 0 Å². The fraction of sp³-hybridized carbons (Fsp3) is 0.562. The Bertz CT molecular complexity index is 489. The molecule has 0 aliphatic carbocycles. The Morgan fingerprint density at radius 3 is 2.90 bits per heavy atom. The minimum Gasteiger partial charge on any atom is -0.493 e. The minimum atomic E-state index is -0.734. The maximum Gasteiger partial charge on any atom is 0.320 e. The summed E-state index contributed by atoms with van der Waals surface area (Å²) in [6, 6.07) is 5.44. The molecule has 0 bridgehead atoms. The summed E-state index contributed by atoms with van der Waals surface area (Å²) in [7, 11) is 1.62. The molecule has 1 atom stereocenters. The van der Waals surface area contributed by atoms with Crippen LogP contribution in [-0.4, -0.2) is 42.3 Å². The van der Waals surface area contributed by atoms with Crippen molar-refractivity contribution in [3.05, 3.63) is 23.8 Å². The van der Waals surface area contributed by atoms with Crippen LogP contribution in [0.5, 0.6) is 11.5 Å². The molecule has 1 aromatic rings. The van der Waals surface area contributed by atoms with Crippen LogP contribution in [0.15, 0.2) is 18.2 Å². The first-order valence-corrected chi connectivity index (χ1v) is 7.42. The molecule has 1 fully saturated rings. The van der Waals surface area contributed by atoms with E-state index < -0.39 is 5.97 Å². The van der Waals surface area contributed by atoms with Crippen LogP contribution >= 0.6 is 0 Å². The Kier molecular flexibility index (Phi) is 5.44. The van der Waals surface area contributed by atoms with Gasteiger partial charge in [0.25, 0.3) is 0 Å². The van der Waals surface area contributed by atoms with Crippen molar-refractivity contribution in [1.82, 2.24) is 4.90 Å². The standard InChI is InChI=1S/C16H23NO4/c1-3-9-21-14-7-6-12(10-15(14)20-2)11-17-8-4-5-13(17)16(18)19/h6-7,10,13H,3-5,8-9,11H2,1-2H3,(H,18,19). The topological polar surface area (TPSA) is 59.0 Å². The van der Waals surface area contributed by atoms with E-state index >= 15 is 0 Å². The van der Waals surface area contributed by atoms with E-state index in [0.717, 1.165) is 37.1 Å². The molecule has 1 unspecified atom stereocenters. The lowest BCUT2D eigenvalue weighted by molar-refractivity contribution is -0.142. The largest absolute Gasteiger partial charge is 0.493 e. The van der Waals surface area contributed by atoms with Gasteiger partial charge in [0.05, 0.1) is 13.7 Å². The smallest absolute Gasteiger partial charge is 0.320 e. The third kappa shape index (κ3) is 3.88. The van der Waals surface area contributed by atoms with Crippen molar-refractivity contribution in [3.8, 4) is 11.5 Å². The fourth-order valence-corrected chi connectivity index (χ4v) is 2.67. The van der Waals surface area contributed by atoms with Crippen LogP contribution in [-0.2, 0) is 11.3 Å². The van der Waals surface area contributed by atoms with Gasteiger partial charge in [0.1, 0.15) is 6.04 Å². The van der Waals surface area contributed by atoms with E-state index in [0.29, 0.717) is 18.9 Å². The summed E-state index contributed by atoms with van der Waals surface area (Å²) in [6.07, 6.45) is 2.61. The average Bonchev–Trinajstić information content (AvgIpc) is 2.94. The van der Waals surface area contributed by atoms with Crippen molar-refractivity contribution < 1.29 is 19.4 Å². The lowest BCUT2D eigenvalue weighted by atomic mass is 10.1. The molecule has 2 rings (SSSR count). The van der Waals surface area contributed by atoms with Crippen molar-refractivity contribution in [1.29, 1.82) is 0 Å². The fourth-order valence-electron chi connectivity index (χ4n) is 2.67. The molecule has 1 heterocycles. The zero-order valence-electron chi connectivity index (χ0n) is 12.7. The molecule has 1 aromatic carbocycles. The zero-order chi connectivity index (χ0) is 15.2. The summed E-state index contributed by atoms with van der Waals surface area (Å²) in [5.41, 5.74) is 1.05. The Morgan fingerprint density at radius 1 is 1.43 bits per heavy atom. The molecule has 0 spiro atoms. The van der Waals surface area contributed by atoms with Crippen LogP contribution in [0.2, 0.25) is 0 Å². The molecule has 5 nitrogen and oxygen atoms in total. The number of carbonyl (C=O) groups is 1. The van der Waals surface area contributed by atoms with Gasteiger partial charge in [-0.2, -0.15) is 0 Å². The number of rotatable bonds is 7. The van der Waals surface area contributed by atoms with Crippen molar-refractivity contribution >= 4 is 5.97 Å². The number of nitrogens with zero attached hydrogens (tertiary/aromatic N) is 1. The van der Waals surface area contributed by atoms with Gasteiger partial charge in [-0.05, 0) is 43.5 Å². The summed E-state index contributed by atoms with van der Waals surface area (Å²) >= 11 is 0. The van der Waals surface area contributed by atoms with Gasteiger partial charge in [0.2, 0.25) is 0 Å². The number of carboxylic acid groups (broad SMARTS) is 1. The average molecular weight is 293 g/mol. The second kappa shape index (κ2) is 7.31. The second-order valence-electron chi connectivity index (χ2n) is 5.30. The Balaban J connectivity index is 2.08. The van der Waals surface area contributed by atoms with Gasteiger partial charge >= 0.3 is 5.97 Å². The molecule has 1 N–H and O–H groups in total. The lowest BCUT2D eigenvalue weighted by Gasteiger charge is -2.21. The number of likely N-dealkylation sites (tertiary alicyclic amines) is 1. The molecule has 116 valence electrons. The number of aliphatic carboxylic acids is 1. The third-order valence-electron chi connectivity index (χ3n) is 3.72. The Hall–Kier alpha value is -1.75.